The summed E-state index contributed by atoms with van der Waals surface area (Å²) in [5.41, 5.74) is 0.842. The van der Waals surface area contributed by atoms with Crippen molar-refractivity contribution in [1.29, 1.82) is 0 Å². The van der Waals surface area contributed by atoms with Crippen molar-refractivity contribution in [3.05, 3.63) is 35.9 Å². The van der Waals surface area contributed by atoms with Gasteiger partial charge in [0.1, 0.15) is 18.2 Å². The quantitative estimate of drug-likeness (QED) is 0.252. The molecule has 0 aliphatic carbocycles. The smallest absolute Gasteiger partial charge is 0.303 e. The van der Waals surface area contributed by atoms with Gasteiger partial charge in [0.2, 0.25) is 5.91 Å². The molecular weight excluding hydrogens is 586 g/mol. The van der Waals surface area contributed by atoms with E-state index in [1.54, 1.807) is 0 Å². The van der Waals surface area contributed by atoms with Crippen LogP contribution in [0.5, 0.6) is 0 Å². The van der Waals surface area contributed by atoms with E-state index in [1.165, 1.54) is 13.8 Å². The van der Waals surface area contributed by atoms with E-state index in [0.29, 0.717) is 0 Å². The van der Waals surface area contributed by atoms with E-state index in [9.17, 15) is 29.1 Å². The topological polar surface area (TPSA) is 191 Å². The van der Waals surface area contributed by atoms with Crippen LogP contribution < -0.4 is 5.32 Å². The van der Waals surface area contributed by atoms with Gasteiger partial charge in [0.25, 0.3) is 0 Å². The van der Waals surface area contributed by atoms with Gasteiger partial charge in [-0.1, -0.05) is 30.3 Å². The third-order valence-electron chi connectivity index (χ3n) is 6.66. The van der Waals surface area contributed by atoms with Crippen molar-refractivity contribution in [3.8, 4) is 0 Å². The van der Waals surface area contributed by atoms with Crippen LogP contribution in [0.15, 0.2) is 30.3 Å². The maximum absolute atomic E-state index is 12.2. The Balaban J connectivity index is 2.00. The number of hydrogen-bond donors (Lipinski definition) is 2. The second-order valence-electron chi connectivity index (χ2n) is 10.4. The monoisotopic (exact) mass is 625 g/mol. The van der Waals surface area contributed by atoms with Gasteiger partial charge in [-0.05, 0) is 12.5 Å². The minimum Gasteiger partial charge on any atom is -0.457 e. The highest BCUT2D eigenvalue weighted by Crippen LogP contribution is 2.34. The van der Waals surface area contributed by atoms with Gasteiger partial charge in [0, 0.05) is 34.6 Å². The highest BCUT2D eigenvalue weighted by Gasteiger charge is 2.55. The minimum atomic E-state index is -1.65. The molecule has 44 heavy (non-hydrogen) atoms. The Bertz CT molecular complexity index is 1160. The molecule has 0 radical (unpaired) electrons. The lowest BCUT2D eigenvalue weighted by atomic mass is 9.95. The van der Waals surface area contributed by atoms with Crippen LogP contribution in [-0.4, -0.2) is 103 Å². The van der Waals surface area contributed by atoms with Gasteiger partial charge in [0.05, 0.1) is 19.3 Å². The zero-order valence-electron chi connectivity index (χ0n) is 25.3. The average molecular weight is 626 g/mol. The molecule has 2 aliphatic rings. The molecule has 15 nitrogen and oxygen atoms in total. The predicted molar refractivity (Wildman–Crippen MR) is 146 cm³/mol. The van der Waals surface area contributed by atoms with Gasteiger partial charge in [0.15, 0.2) is 37.0 Å². The summed E-state index contributed by atoms with van der Waals surface area (Å²) in [6.07, 6.45) is -11.9. The van der Waals surface area contributed by atoms with Gasteiger partial charge < -0.3 is 48.3 Å². The highest BCUT2D eigenvalue weighted by atomic mass is 16.7. The maximum Gasteiger partial charge on any atom is 0.303 e. The molecule has 1 aromatic carbocycles. The summed E-state index contributed by atoms with van der Waals surface area (Å²) in [5, 5.41) is 13.3. The standard InChI is InChI=1S/C29H39NO14/c1-14-23(39-16(3)32)26(41-18(5)34)27(42-19(6)35)29(38-14)44-24-21(13-37-12-20-10-8-7-9-11-20)43-28(36)22(30-15(2)31)25(24)40-17(4)33/h7-11,14,21-29,36H,12-13H2,1-6H3,(H,30,31)/t14-,21+,22+,23-,24+,25+,26+,27+,28-,29-/m0/s1. The predicted octanol–water partition coefficient (Wildman–Crippen LogP) is 0.282. The summed E-state index contributed by atoms with van der Waals surface area (Å²) in [7, 11) is 0. The number of aliphatic hydroxyl groups excluding tert-OH is 1. The number of hydrogen-bond acceptors (Lipinski definition) is 14. The molecule has 2 fully saturated rings. The van der Waals surface area contributed by atoms with E-state index in [0.717, 1.165) is 33.3 Å². The molecule has 0 aromatic heterocycles. The molecule has 3 rings (SSSR count). The number of carbonyl (C=O) groups excluding carboxylic acids is 5. The Kier molecular flexibility index (Phi) is 12.6. The summed E-state index contributed by atoms with van der Waals surface area (Å²) in [6.45, 7) is 7.20. The largest absolute Gasteiger partial charge is 0.457 e. The molecule has 2 N–H and O–H groups in total. The van der Waals surface area contributed by atoms with Crippen molar-refractivity contribution in [2.45, 2.75) is 109 Å². The van der Waals surface area contributed by atoms with Gasteiger partial charge in [-0.3, -0.25) is 24.0 Å². The van der Waals surface area contributed by atoms with Crippen molar-refractivity contribution in [1.82, 2.24) is 5.32 Å². The fourth-order valence-corrected chi connectivity index (χ4v) is 5.04. The highest BCUT2D eigenvalue weighted by molar-refractivity contribution is 5.73. The van der Waals surface area contributed by atoms with E-state index in [4.69, 9.17) is 37.9 Å². The summed E-state index contributed by atoms with van der Waals surface area (Å²) in [5.74, 6) is -3.60. The summed E-state index contributed by atoms with van der Waals surface area (Å²) in [6, 6.07) is 7.90. The van der Waals surface area contributed by atoms with Crippen molar-refractivity contribution in [2.75, 3.05) is 6.61 Å². The van der Waals surface area contributed by atoms with Gasteiger partial charge >= 0.3 is 23.9 Å². The molecule has 0 bridgehead atoms. The lowest BCUT2D eigenvalue weighted by Crippen LogP contribution is -2.68. The van der Waals surface area contributed by atoms with E-state index in [1.807, 2.05) is 30.3 Å². The van der Waals surface area contributed by atoms with Gasteiger partial charge in [-0.15, -0.1) is 0 Å². The zero-order chi connectivity index (χ0) is 32.6. The Morgan fingerprint density at radius 1 is 0.750 bits per heavy atom. The fourth-order valence-electron chi connectivity index (χ4n) is 5.04. The zero-order valence-corrected chi connectivity index (χ0v) is 25.3. The summed E-state index contributed by atoms with van der Waals surface area (Å²) >= 11 is 0. The van der Waals surface area contributed by atoms with E-state index < -0.39 is 91.1 Å². The number of nitrogens with one attached hydrogen (secondary N) is 1. The van der Waals surface area contributed by atoms with Crippen molar-refractivity contribution in [3.63, 3.8) is 0 Å². The van der Waals surface area contributed by atoms with Gasteiger partial charge in [-0.2, -0.15) is 0 Å². The summed E-state index contributed by atoms with van der Waals surface area (Å²) in [4.78, 5) is 60.4. The Morgan fingerprint density at radius 2 is 1.30 bits per heavy atom. The molecule has 2 saturated heterocycles. The molecule has 244 valence electrons. The van der Waals surface area contributed by atoms with Crippen LogP contribution in [-0.2, 0) is 68.5 Å². The first-order valence-corrected chi connectivity index (χ1v) is 14.0. The van der Waals surface area contributed by atoms with Crippen molar-refractivity contribution < 1.29 is 67.0 Å². The normalized spacial score (nSPS) is 31.7. The molecule has 0 saturated carbocycles. The molecule has 2 aliphatic heterocycles. The van der Waals surface area contributed by atoms with Crippen LogP contribution in [0.4, 0.5) is 0 Å². The molecule has 0 unspecified atom stereocenters. The average Bonchev–Trinajstić information content (AvgIpc) is 2.91. The molecule has 10 atom stereocenters. The molecule has 0 spiro atoms. The first-order chi connectivity index (χ1) is 20.8. The first kappa shape index (κ1) is 34.9. The number of rotatable bonds is 11. The van der Waals surface area contributed by atoms with E-state index in [2.05, 4.69) is 5.32 Å². The van der Waals surface area contributed by atoms with E-state index >= 15 is 0 Å². The molecule has 1 aromatic rings. The number of ether oxygens (including phenoxy) is 8. The SMILES string of the molecule is CC(=O)N[C@@H]1[C@@H](OC(C)=O)[C@H](O[C@@H]2O[C@@H](C)[C@H](OC(C)=O)[C@@H](OC(C)=O)[C@H]2OC(C)=O)[C@@H](COCc2ccccc2)O[C@@H]1O. The van der Waals surface area contributed by atoms with Crippen molar-refractivity contribution >= 4 is 29.8 Å². The number of benzene rings is 1. The molecule has 1 amide bonds. The van der Waals surface area contributed by atoms with Crippen LogP contribution in [0.2, 0.25) is 0 Å². The maximum atomic E-state index is 12.2. The Hall–Kier alpha value is -3.63. The molecular formula is C29H39NO14. The third kappa shape index (κ3) is 9.69. The van der Waals surface area contributed by atoms with Gasteiger partial charge in [-0.25, -0.2) is 0 Å². The van der Waals surface area contributed by atoms with Crippen LogP contribution in [0.25, 0.3) is 0 Å². The second kappa shape index (κ2) is 15.9. The lowest BCUT2D eigenvalue weighted by Gasteiger charge is -2.48. The Labute approximate surface area is 254 Å². The van der Waals surface area contributed by atoms with Crippen LogP contribution in [0, 0.1) is 0 Å². The number of amides is 1. The second-order valence-corrected chi connectivity index (χ2v) is 10.4. The number of esters is 4. The summed E-state index contributed by atoms with van der Waals surface area (Å²) < 4.78 is 45.7. The molecule has 2 heterocycles. The number of aliphatic hydroxyl groups is 1. The van der Waals surface area contributed by atoms with Crippen LogP contribution in [0.3, 0.4) is 0 Å². The van der Waals surface area contributed by atoms with E-state index in [-0.39, 0.29) is 13.2 Å². The third-order valence-corrected chi connectivity index (χ3v) is 6.66. The van der Waals surface area contributed by atoms with Crippen LogP contribution in [0.1, 0.15) is 47.1 Å². The van der Waals surface area contributed by atoms with Crippen molar-refractivity contribution in [2.24, 2.45) is 0 Å². The Morgan fingerprint density at radius 3 is 1.86 bits per heavy atom. The van der Waals surface area contributed by atoms with Crippen LogP contribution >= 0.6 is 0 Å². The first-order valence-electron chi connectivity index (χ1n) is 14.0. The number of carbonyl (C=O) groups is 5. The molecule has 15 heteroatoms. The fraction of sp³-hybridized carbons (Fsp3) is 0.621. The lowest BCUT2D eigenvalue weighted by molar-refractivity contribution is -0.344. The minimum absolute atomic E-state index is 0.155.